The summed E-state index contributed by atoms with van der Waals surface area (Å²) in [6.45, 7) is 9.72. The van der Waals surface area contributed by atoms with Crippen LogP contribution in [-0.2, 0) is 5.54 Å². The highest BCUT2D eigenvalue weighted by atomic mass is 16.3. The summed E-state index contributed by atoms with van der Waals surface area (Å²) in [5.74, 6) is 0. The summed E-state index contributed by atoms with van der Waals surface area (Å²) < 4.78 is 6.31. The highest BCUT2D eigenvalue weighted by Gasteiger charge is 2.32. The zero-order valence-electron chi connectivity index (χ0n) is 17.4. The topological polar surface area (TPSA) is 19.6 Å². The van der Waals surface area contributed by atoms with Crippen LogP contribution in [0.4, 0.5) is 5.69 Å². The Morgan fingerprint density at radius 3 is 2.38 bits per heavy atom. The molecule has 4 aromatic rings. The van der Waals surface area contributed by atoms with Gasteiger partial charge in [0.1, 0.15) is 5.58 Å². The van der Waals surface area contributed by atoms with E-state index in [2.05, 4.69) is 98.4 Å². The summed E-state index contributed by atoms with van der Waals surface area (Å²) >= 11 is 0. The Balaban J connectivity index is 1.55. The lowest BCUT2D eigenvalue weighted by molar-refractivity contribution is 0.201. The van der Waals surface area contributed by atoms with Crippen molar-refractivity contribution in [2.45, 2.75) is 33.2 Å². The van der Waals surface area contributed by atoms with E-state index in [0.29, 0.717) is 0 Å². The molecular weight excluding hydrogens is 356 g/mol. The molecule has 0 saturated heterocycles. The minimum atomic E-state index is -0.105. The number of hydrogen-bond acceptors (Lipinski definition) is 3. The van der Waals surface area contributed by atoms with E-state index in [-0.39, 0.29) is 5.54 Å². The van der Waals surface area contributed by atoms with E-state index in [9.17, 15) is 0 Å². The van der Waals surface area contributed by atoms with Crippen molar-refractivity contribution in [3.05, 3.63) is 89.8 Å². The molecule has 146 valence electrons. The van der Waals surface area contributed by atoms with E-state index in [1.165, 1.54) is 27.5 Å². The van der Waals surface area contributed by atoms with E-state index in [1.807, 2.05) is 12.1 Å². The third-order valence-electron chi connectivity index (χ3n) is 6.26. The molecule has 0 aliphatic carbocycles. The molecule has 0 saturated carbocycles. The SMILES string of the molecule is Cc1ccccc1C(C)(C)N1C=CN(c2c(C)ccc3c2oc2ccccc23)C1. The van der Waals surface area contributed by atoms with Gasteiger partial charge in [0.2, 0.25) is 0 Å². The van der Waals surface area contributed by atoms with Crippen LogP contribution in [0.1, 0.15) is 30.5 Å². The molecule has 1 aliphatic heterocycles. The molecule has 29 heavy (non-hydrogen) atoms. The molecule has 0 spiro atoms. The molecule has 1 aromatic heterocycles. The number of aryl methyl sites for hydroxylation is 2. The fourth-order valence-electron chi connectivity index (χ4n) is 4.57. The largest absolute Gasteiger partial charge is 0.454 e. The van der Waals surface area contributed by atoms with Gasteiger partial charge in [-0.15, -0.1) is 0 Å². The molecule has 0 amide bonds. The average Bonchev–Trinajstić information content (AvgIpc) is 3.33. The Labute approximate surface area is 171 Å². The first kappa shape index (κ1) is 17.9. The number of anilines is 1. The van der Waals surface area contributed by atoms with Crippen LogP contribution in [0, 0.1) is 13.8 Å². The lowest BCUT2D eigenvalue weighted by Crippen LogP contribution is -2.40. The molecule has 3 heteroatoms. The zero-order valence-corrected chi connectivity index (χ0v) is 17.4. The van der Waals surface area contributed by atoms with Crippen LogP contribution in [0.15, 0.2) is 77.5 Å². The molecule has 0 unspecified atom stereocenters. The third-order valence-corrected chi connectivity index (χ3v) is 6.26. The second-order valence-corrected chi connectivity index (χ2v) is 8.46. The number of benzene rings is 3. The molecule has 3 nitrogen and oxygen atoms in total. The van der Waals surface area contributed by atoms with Crippen LogP contribution in [0.5, 0.6) is 0 Å². The highest BCUT2D eigenvalue weighted by Crippen LogP contribution is 2.40. The van der Waals surface area contributed by atoms with E-state index in [0.717, 1.165) is 23.5 Å². The van der Waals surface area contributed by atoms with E-state index < -0.39 is 0 Å². The summed E-state index contributed by atoms with van der Waals surface area (Å²) in [7, 11) is 0. The molecule has 5 rings (SSSR count). The standard InChI is InChI=1S/C26H26N2O/c1-18-9-5-7-11-22(18)26(3,4)28-16-15-27(17-28)24-19(2)13-14-21-20-10-6-8-12-23(20)29-25(21)24/h5-16H,17H2,1-4H3. The number of nitrogens with zero attached hydrogens (tertiary/aromatic N) is 2. The summed E-state index contributed by atoms with van der Waals surface area (Å²) in [6.07, 6.45) is 4.38. The molecule has 0 fully saturated rings. The second kappa shape index (κ2) is 6.41. The first-order valence-corrected chi connectivity index (χ1v) is 10.2. The smallest absolute Gasteiger partial charge is 0.159 e. The third kappa shape index (κ3) is 2.72. The van der Waals surface area contributed by atoms with Crippen LogP contribution in [-0.4, -0.2) is 11.6 Å². The van der Waals surface area contributed by atoms with Crippen molar-refractivity contribution in [2.75, 3.05) is 11.6 Å². The Morgan fingerprint density at radius 2 is 1.55 bits per heavy atom. The van der Waals surface area contributed by atoms with E-state index >= 15 is 0 Å². The number of hydrogen-bond donors (Lipinski definition) is 0. The van der Waals surface area contributed by atoms with Crippen LogP contribution >= 0.6 is 0 Å². The number of para-hydroxylation sites is 1. The monoisotopic (exact) mass is 382 g/mol. The Kier molecular flexibility index (Phi) is 3.95. The Hall–Kier alpha value is -3.20. The lowest BCUT2D eigenvalue weighted by Gasteiger charge is -2.38. The fraction of sp³-hybridized carbons (Fsp3) is 0.231. The molecule has 0 radical (unpaired) electrons. The van der Waals surface area contributed by atoms with Crippen LogP contribution in [0.25, 0.3) is 21.9 Å². The van der Waals surface area contributed by atoms with Gasteiger partial charge in [0, 0.05) is 23.2 Å². The molecule has 0 N–H and O–H groups in total. The number of fused-ring (bicyclic) bond motifs is 3. The van der Waals surface area contributed by atoms with Gasteiger partial charge in [0.05, 0.1) is 17.9 Å². The quantitative estimate of drug-likeness (QED) is 0.393. The van der Waals surface area contributed by atoms with Gasteiger partial charge in [-0.05, 0) is 50.5 Å². The molecular formula is C26H26N2O. The van der Waals surface area contributed by atoms with Gasteiger partial charge in [-0.1, -0.05) is 54.6 Å². The molecule has 3 aromatic carbocycles. The van der Waals surface area contributed by atoms with Gasteiger partial charge in [-0.25, -0.2) is 0 Å². The maximum Gasteiger partial charge on any atom is 0.159 e. The minimum absolute atomic E-state index is 0.105. The van der Waals surface area contributed by atoms with E-state index in [1.54, 1.807) is 0 Å². The van der Waals surface area contributed by atoms with Crippen LogP contribution < -0.4 is 4.90 Å². The summed E-state index contributed by atoms with van der Waals surface area (Å²) in [6, 6.07) is 21.3. The van der Waals surface area contributed by atoms with Crippen LogP contribution in [0.2, 0.25) is 0 Å². The Morgan fingerprint density at radius 1 is 0.793 bits per heavy atom. The van der Waals surface area contributed by atoms with Gasteiger partial charge < -0.3 is 14.2 Å². The van der Waals surface area contributed by atoms with Gasteiger partial charge in [0.15, 0.2) is 5.58 Å². The van der Waals surface area contributed by atoms with Crippen molar-refractivity contribution >= 4 is 27.6 Å². The van der Waals surface area contributed by atoms with Crippen LogP contribution in [0.3, 0.4) is 0 Å². The number of rotatable bonds is 3. The number of furan rings is 1. The van der Waals surface area contributed by atoms with Crippen molar-refractivity contribution in [1.82, 2.24) is 4.90 Å². The van der Waals surface area contributed by atoms with Crippen molar-refractivity contribution in [2.24, 2.45) is 0 Å². The average molecular weight is 383 g/mol. The lowest BCUT2D eigenvalue weighted by atomic mass is 9.89. The normalized spacial score (nSPS) is 14.5. The second-order valence-electron chi connectivity index (χ2n) is 8.46. The van der Waals surface area contributed by atoms with Gasteiger partial charge in [-0.2, -0.15) is 0 Å². The van der Waals surface area contributed by atoms with Gasteiger partial charge in [-0.3, -0.25) is 0 Å². The predicted octanol–water partition coefficient (Wildman–Crippen LogP) is 6.69. The molecule has 2 heterocycles. The fourth-order valence-corrected chi connectivity index (χ4v) is 4.57. The summed E-state index contributed by atoms with van der Waals surface area (Å²) in [5.41, 5.74) is 6.84. The predicted molar refractivity (Wildman–Crippen MR) is 121 cm³/mol. The highest BCUT2D eigenvalue weighted by molar-refractivity contribution is 6.09. The summed E-state index contributed by atoms with van der Waals surface area (Å²) in [5, 5.41) is 2.34. The van der Waals surface area contributed by atoms with Gasteiger partial charge >= 0.3 is 0 Å². The van der Waals surface area contributed by atoms with Crippen molar-refractivity contribution < 1.29 is 4.42 Å². The maximum absolute atomic E-state index is 6.31. The summed E-state index contributed by atoms with van der Waals surface area (Å²) in [4.78, 5) is 4.70. The first-order valence-electron chi connectivity index (χ1n) is 10.2. The van der Waals surface area contributed by atoms with E-state index in [4.69, 9.17) is 4.42 Å². The first-order chi connectivity index (χ1) is 14.0. The van der Waals surface area contributed by atoms with Crippen molar-refractivity contribution in [3.8, 4) is 0 Å². The van der Waals surface area contributed by atoms with Crippen molar-refractivity contribution in [3.63, 3.8) is 0 Å². The van der Waals surface area contributed by atoms with Crippen molar-refractivity contribution in [1.29, 1.82) is 0 Å². The maximum atomic E-state index is 6.31. The van der Waals surface area contributed by atoms with Gasteiger partial charge in [0.25, 0.3) is 0 Å². The Bertz CT molecular complexity index is 1250. The molecule has 1 aliphatic rings. The molecule has 0 atom stereocenters. The zero-order chi connectivity index (χ0) is 20.2. The minimum Gasteiger partial charge on any atom is -0.454 e. The molecule has 0 bridgehead atoms.